The topological polar surface area (TPSA) is 23.6 Å². The molecule has 3 nitrogen and oxygen atoms in total. The van der Waals surface area contributed by atoms with Gasteiger partial charge in [0.25, 0.3) is 5.91 Å². The molecular weight excluding hydrogens is 284 g/mol. The minimum Gasteiger partial charge on any atom is -0.336 e. The van der Waals surface area contributed by atoms with Crippen LogP contribution in [0.4, 0.5) is 0 Å². The number of piperazine rings is 1. The van der Waals surface area contributed by atoms with E-state index in [4.69, 9.17) is 0 Å². The average Bonchev–Trinajstić information content (AvgIpc) is 2.56. The van der Waals surface area contributed by atoms with Gasteiger partial charge in [0.15, 0.2) is 0 Å². The zero-order chi connectivity index (χ0) is 16.2. The second-order valence-corrected chi connectivity index (χ2v) is 6.37. The lowest BCUT2D eigenvalue weighted by molar-refractivity contribution is 0.0628. The van der Waals surface area contributed by atoms with E-state index in [1.54, 1.807) is 0 Å². The van der Waals surface area contributed by atoms with Gasteiger partial charge in [0.05, 0.1) is 0 Å². The number of amides is 1. The first kappa shape index (κ1) is 15.8. The van der Waals surface area contributed by atoms with Gasteiger partial charge in [-0.1, -0.05) is 48.0 Å². The van der Waals surface area contributed by atoms with Crippen molar-refractivity contribution in [1.82, 2.24) is 9.80 Å². The van der Waals surface area contributed by atoms with Crippen LogP contribution in [-0.2, 0) is 6.54 Å². The Morgan fingerprint density at radius 2 is 1.65 bits per heavy atom. The Balaban J connectivity index is 1.59. The van der Waals surface area contributed by atoms with Crippen LogP contribution in [0.25, 0.3) is 0 Å². The van der Waals surface area contributed by atoms with Crippen LogP contribution >= 0.6 is 0 Å². The minimum atomic E-state index is 0.168. The van der Waals surface area contributed by atoms with Crippen LogP contribution in [0.2, 0.25) is 0 Å². The van der Waals surface area contributed by atoms with Crippen molar-refractivity contribution < 1.29 is 4.79 Å². The van der Waals surface area contributed by atoms with Gasteiger partial charge < -0.3 is 4.90 Å². The summed E-state index contributed by atoms with van der Waals surface area (Å²) in [7, 11) is 0. The third-order valence-corrected chi connectivity index (χ3v) is 4.52. The fraction of sp³-hybridized carbons (Fsp3) is 0.350. The molecule has 23 heavy (non-hydrogen) atoms. The monoisotopic (exact) mass is 308 g/mol. The van der Waals surface area contributed by atoms with Crippen LogP contribution in [0.3, 0.4) is 0 Å². The van der Waals surface area contributed by atoms with Crippen LogP contribution in [0, 0.1) is 13.8 Å². The van der Waals surface area contributed by atoms with Gasteiger partial charge in [-0.05, 0) is 31.0 Å². The van der Waals surface area contributed by atoms with E-state index in [0.29, 0.717) is 0 Å². The molecule has 0 aliphatic carbocycles. The number of benzene rings is 2. The molecule has 2 aromatic carbocycles. The average molecular weight is 308 g/mol. The molecule has 3 rings (SSSR count). The minimum absolute atomic E-state index is 0.168. The second-order valence-electron chi connectivity index (χ2n) is 6.37. The van der Waals surface area contributed by atoms with Crippen molar-refractivity contribution in [3.8, 4) is 0 Å². The van der Waals surface area contributed by atoms with Gasteiger partial charge in [-0.15, -0.1) is 0 Å². The highest BCUT2D eigenvalue weighted by atomic mass is 16.2. The van der Waals surface area contributed by atoms with E-state index in [1.165, 1.54) is 11.1 Å². The Kier molecular flexibility index (Phi) is 4.77. The van der Waals surface area contributed by atoms with E-state index in [2.05, 4.69) is 42.2 Å². The predicted molar refractivity (Wildman–Crippen MR) is 93.5 cm³/mol. The van der Waals surface area contributed by atoms with Crippen molar-refractivity contribution >= 4 is 5.91 Å². The van der Waals surface area contributed by atoms with E-state index in [0.717, 1.165) is 43.9 Å². The van der Waals surface area contributed by atoms with Crippen molar-refractivity contribution in [2.75, 3.05) is 26.2 Å². The maximum absolute atomic E-state index is 12.7. The number of carbonyl (C=O) groups excluding carboxylic acids is 1. The summed E-state index contributed by atoms with van der Waals surface area (Å²) < 4.78 is 0. The van der Waals surface area contributed by atoms with Crippen LogP contribution < -0.4 is 0 Å². The van der Waals surface area contributed by atoms with E-state index in [1.807, 2.05) is 30.0 Å². The summed E-state index contributed by atoms with van der Waals surface area (Å²) in [5, 5.41) is 0. The van der Waals surface area contributed by atoms with Gasteiger partial charge in [0.2, 0.25) is 0 Å². The number of nitrogens with zero attached hydrogens (tertiary/aromatic N) is 2. The zero-order valence-corrected chi connectivity index (χ0v) is 14.0. The summed E-state index contributed by atoms with van der Waals surface area (Å²) >= 11 is 0. The molecule has 1 heterocycles. The van der Waals surface area contributed by atoms with Crippen molar-refractivity contribution in [2.45, 2.75) is 20.4 Å². The van der Waals surface area contributed by atoms with E-state index in [-0.39, 0.29) is 5.91 Å². The number of aryl methyl sites for hydroxylation is 2. The molecule has 0 atom stereocenters. The molecule has 0 aromatic heterocycles. The molecular formula is C20H24N2O. The molecule has 0 bridgehead atoms. The summed E-state index contributed by atoms with van der Waals surface area (Å²) in [6, 6.07) is 16.6. The molecule has 0 saturated carbocycles. The van der Waals surface area contributed by atoms with Crippen LogP contribution in [0.1, 0.15) is 27.0 Å². The Morgan fingerprint density at radius 3 is 2.30 bits per heavy atom. The van der Waals surface area contributed by atoms with E-state index in [9.17, 15) is 4.79 Å². The third kappa shape index (κ3) is 3.80. The number of hydrogen-bond donors (Lipinski definition) is 0. The number of carbonyl (C=O) groups is 1. The quantitative estimate of drug-likeness (QED) is 0.869. The molecule has 1 fully saturated rings. The van der Waals surface area contributed by atoms with Gasteiger partial charge in [-0.2, -0.15) is 0 Å². The van der Waals surface area contributed by atoms with Crippen molar-refractivity contribution in [3.05, 3.63) is 70.8 Å². The molecule has 0 unspecified atom stereocenters. The van der Waals surface area contributed by atoms with E-state index >= 15 is 0 Å². The molecule has 1 aliphatic rings. The lowest BCUT2D eigenvalue weighted by Crippen LogP contribution is -2.48. The van der Waals surface area contributed by atoms with Gasteiger partial charge in [0.1, 0.15) is 0 Å². The highest BCUT2D eigenvalue weighted by Crippen LogP contribution is 2.15. The fourth-order valence-corrected chi connectivity index (χ4v) is 3.17. The van der Waals surface area contributed by atoms with E-state index < -0.39 is 0 Å². The van der Waals surface area contributed by atoms with Crippen LogP contribution in [0.5, 0.6) is 0 Å². The number of hydrogen-bond acceptors (Lipinski definition) is 2. The Labute approximate surface area is 138 Å². The molecule has 120 valence electrons. The van der Waals surface area contributed by atoms with Crippen LogP contribution in [0.15, 0.2) is 48.5 Å². The molecule has 1 saturated heterocycles. The van der Waals surface area contributed by atoms with Crippen molar-refractivity contribution in [3.63, 3.8) is 0 Å². The fourth-order valence-electron chi connectivity index (χ4n) is 3.17. The summed E-state index contributed by atoms with van der Waals surface area (Å²) in [4.78, 5) is 17.1. The van der Waals surface area contributed by atoms with Crippen LogP contribution in [-0.4, -0.2) is 41.9 Å². The SMILES string of the molecule is Cc1ccc(C(=O)N2CCN(Cc3ccccc3)CC2)c(C)c1. The lowest BCUT2D eigenvalue weighted by atomic mass is 10.0. The van der Waals surface area contributed by atoms with Gasteiger partial charge >= 0.3 is 0 Å². The molecule has 1 amide bonds. The highest BCUT2D eigenvalue weighted by Gasteiger charge is 2.23. The summed E-state index contributed by atoms with van der Waals surface area (Å²) in [6.07, 6.45) is 0. The Hall–Kier alpha value is -2.13. The Bertz CT molecular complexity index is 673. The van der Waals surface area contributed by atoms with Gasteiger partial charge in [-0.3, -0.25) is 9.69 Å². The second kappa shape index (κ2) is 6.97. The molecule has 3 heteroatoms. The maximum Gasteiger partial charge on any atom is 0.254 e. The number of rotatable bonds is 3. The smallest absolute Gasteiger partial charge is 0.254 e. The molecule has 0 N–H and O–H groups in total. The van der Waals surface area contributed by atoms with Crippen molar-refractivity contribution in [2.24, 2.45) is 0 Å². The summed E-state index contributed by atoms with van der Waals surface area (Å²) in [5.41, 5.74) is 4.45. The molecule has 0 radical (unpaired) electrons. The predicted octanol–water partition coefficient (Wildman–Crippen LogP) is 3.26. The lowest BCUT2D eigenvalue weighted by Gasteiger charge is -2.35. The van der Waals surface area contributed by atoms with Crippen molar-refractivity contribution in [1.29, 1.82) is 0 Å². The first-order valence-electron chi connectivity index (χ1n) is 8.26. The highest BCUT2D eigenvalue weighted by molar-refractivity contribution is 5.95. The maximum atomic E-state index is 12.7. The largest absolute Gasteiger partial charge is 0.336 e. The van der Waals surface area contributed by atoms with Gasteiger partial charge in [-0.25, -0.2) is 0 Å². The summed E-state index contributed by atoms with van der Waals surface area (Å²) in [5.74, 6) is 0.168. The molecule has 1 aliphatic heterocycles. The Morgan fingerprint density at radius 1 is 0.957 bits per heavy atom. The normalized spacial score (nSPS) is 15.7. The first-order valence-corrected chi connectivity index (χ1v) is 8.26. The van der Waals surface area contributed by atoms with Gasteiger partial charge in [0, 0.05) is 38.3 Å². The third-order valence-electron chi connectivity index (χ3n) is 4.52. The first-order chi connectivity index (χ1) is 11.1. The molecule has 2 aromatic rings. The standard InChI is InChI=1S/C20H24N2O/c1-16-8-9-19(17(2)14-16)20(23)22-12-10-21(11-13-22)15-18-6-4-3-5-7-18/h3-9,14H,10-13,15H2,1-2H3. The molecule has 0 spiro atoms. The zero-order valence-electron chi connectivity index (χ0n) is 14.0. The summed E-state index contributed by atoms with van der Waals surface area (Å²) in [6.45, 7) is 8.52.